The Kier molecular flexibility index (Phi) is 3.88. The summed E-state index contributed by atoms with van der Waals surface area (Å²) in [5.41, 5.74) is 1.33. The Morgan fingerprint density at radius 2 is 1.83 bits per heavy atom. The van der Waals surface area contributed by atoms with Crippen molar-refractivity contribution in [1.82, 2.24) is 0 Å². The zero-order chi connectivity index (χ0) is 17.5. The molecule has 1 amide bonds. The number of anilines is 1. The zero-order valence-corrected chi connectivity index (χ0v) is 13.7. The molecule has 1 atom stereocenters. The van der Waals surface area contributed by atoms with E-state index in [1.807, 2.05) is 0 Å². The number of carbonyl (C=O) groups is 2. The van der Waals surface area contributed by atoms with Crippen LogP contribution in [0.3, 0.4) is 0 Å². The second-order valence-corrected chi connectivity index (χ2v) is 7.68. The van der Waals surface area contributed by atoms with Crippen LogP contribution in [0.1, 0.15) is 21.8 Å². The summed E-state index contributed by atoms with van der Waals surface area (Å²) in [6.07, 6.45) is 1.07. The van der Waals surface area contributed by atoms with E-state index in [0.717, 1.165) is 6.26 Å². The summed E-state index contributed by atoms with van der Waals surface area (Å²) in [5, 5.41) is 9.36. The number of hydrogen-bond donors (Lipinski definition) is 1. The Balaban J connectivity index is 2.02. The molecule has 1 aliphatic heterocycles. The largest absolute Gasteiger partial charge is 0.481 e. The third-order valence-electron chi connectivity index (χ3n) is 4.02. The van der Waals surface area contributed by atoms with Crippen LogP contribution in [0.25, 0.3) is 0 Å². The van der Waals surface area contributed by atoms with E-state index < -0.39 is 27.6 Å². The molecule has 0 aromatic heterocycles. The molecular weight excluding hydrogens is 330 g/mol. The number of carboxylic acids is 1. The molecule has 1 N–H and O–H groups in total. The Morgan fingerprint density at radius 1 is 1.12 bits per heavy atom. The highest BCUT2D eigenvalue weighted by Gasteiger charge is 2.36. The van der Waals surface area contributed by atoms with Gasteiger partial charge in [0.2, 0.25) is 0 Å². The highest BCUT2D eigenvalue weighted by Crippen LogP contribution is 2.37. The van der Waals surface area contributed by atoms with Crippen molar-refractivity contribution in [3.63, 3.8) is 0 Å². The number of sulfone groups is 1. The third kappa shape index (κ3) is 2.78. The van der Waals surface area contributed by atoms with Crippen LogP contribution in [0, 0.1) is 0 Å². The molecule has 1 aliphatic rings. The standard InChI is InChI=1S/C17H15NO5S/c1-24(22,23)12-6-4-5-11(9-12)16(19)18-10-14(17(20)21)13-7-2-3-8-15(13)18/h2-9,14H,10H2,1H3,(H,20,21). The lowest BCUT2D eigenvalue weighted by atomic mass is 10.0. The predicted octanol–water partition coefficient (Wildman–Crippen LogP) is 1.92. The maximum atomic E-state index is 12.8. The quantitative estimate of drug-likeness (QED) is 0.917. The maximum absolute atomic E-state index is 12.8. The summed E-state index contributed by atoms with van der Waals surface area (Å²) in [5.74, 6) is -2.21. The van der Waals surface area contributed by atoms with Gasteiger partial charge in [-0.2, -0.15) is 0 Å². The highest BCUT2D eigenvalue weighted by molar-refractivity contribution is 7.90. The Labute approximate surface area is 139 Å². The lowest BCUT2D eigenvalue weighted by Gasteiger charge is -2.18. The molecule has 2 aromatic carbocycles. The number of aliphatic carboxylic acids is 1. The van der Waals surface area contributed by atoms with Crippen LogP contribution < -0.4 is 4.90 Å². The predicted molar refractivity (Wildman–Crippen MR) is 88.0 cm³/mol. The molecule has 124 valence electrons. The molecule has 7 heteroatoms. The summed E-state index contributed by atoms with van der Waals surface area (Å²) in [6, 6.07) is 12.6. The van der Waals surface area contributed by atoms with Crippen LogP contribution >= 0.6 is 0 Å². The molecule has 0 fully saturated rings. The SMILES string of the molecule is CS(=O)(=O)c1cccc(C(=O)N2CC(C(=O)O)c3ccccc32)c1. The van der Waals surface area contributed by atoms with E-state index in [1.165, 1.54) is 29.2 Å². The average molecular weight is 345 g/mol. The number of para-hydroxylation sites is 1. The molecule has 0 aliphatic carbocycles. The minimum Gasteiger partial charge on any atom is -0.481 e. The number of carboxylic acid groups (broad SMARTS) is 1. The topological polar surface area (TPSA) is 91.8 Å². The van der Waals surface area contributed by atoms with Gasteiger partial charge in [-0.1, -0.05) is 24.3 Å². The van der Waals surface area contributed by atoms with Gasteiger partial charge in [-0.05, 0) is 29.8 Å². The highest BCUT2D eigenvalue weighted by atomic mass is 32.2. The fourth-order valence-corrected chi connectivity index (χ4v) is 3.49. The molecule has 0 saturated heterocycles. The zero-order valence-electron chi connectivity index (χ0n) is 12.8. The first-order chi connectivity index (χ1) is 11.3. The first-order valence-electron chi connectivity index (χ1n) is 7.23. The smallest absolute Gasteiger partial charge is 0.312 e. The van der Waals surface area contributed by atoms with Gasteiger partial charge in [0.05, 0.1) is 4.90 Å². The maximum Gasteiger partial charge on any atom is 0.312 e. The van der Waals surface area contributed by atoms with Crippen molar-refractivity contribution in [1.29, 1.82) is 0 Å². The van der Waals surface area contributed by atoms with Crippen LogP contribution in [0.15, 0.2) is 53.4 Å². The van der Waals surface area contributed by atoms with Crippen molar-refractivity contribution in [3.05, 3.63) is 59.7 Å². The van der Waals surface area contributed by atoms with Gasteiger partial charge in [-0.15, -0.1) is 0 Å². The van der Waals surface area contributed by atoms with Crippen molar-refractivity contribution in [3.8, 4) is 0 Å². The van der Waals surface area contributed by atoms with Gasteiger partial charge in [0, 0.05) is 24.1 Å². The second kappa shape index (κ2) is 5.76. The van der Waals surface area contributed by atoms with E-state index in [2.05, 4.69) is 0 Å². The van der Waals surface area contributed by atoms with Gasteiger partial charge >= 0.3 is 5.97 Å². The molecule has 1 heterocycles. The fraction of sp³-hybridized carbons (Fsp3) is 0.176. The fourth-order valence-electron chi connectivity index (χ4n) is 2.83. The molecule has 0 radical (unpaired) electrons. The van der Waals surface area contributed by atoms with Gasteiger partial charge in [-0.3, -0.25) is 9.59 Å². The van der Waals surface area contributed by atoms with Gasteiger partial charge in [0.1, 0.15) is 5.92 Å². The van der Waals surface area contributed by atoms with E-state index in [0.29, 0.717) is 11.3 Å². The monoisotopic (exact) mass is 345 g/mol. The average Bonchev–Trinajstić information content (AvgIpc) is 2.93. The summed E-state index contributed by atoms with van der Waals surface area (Å²) in [7, 11) is -3.43. The van der Waals surface area contributed by atoms with Crippen LogP contribution in [0.2, 0.25) is 0 Å². The number of benzene rings is 2. The van der Waals surface area contributed by atoms with Crippen LogP contribution in [-0.2, 0) is 14.6 Å². The summed E-state index contributed by atoms with van der Waals surface area (Å²) in [4.78, 5) is 25.7. The molecule has 24 heavy (non-hydrogen) atoms. The van der Waals surface area contributed by atoms with Crippen molar-refractivity contribution in [2.24, 2.45) is 0 Å². The lowest BCUT2D eigenvalue weighted by molar-refractivity contribution is -0.138. The van der Waals surface area contributed by atoms with E-state index in [9.17, 15) is 23.1 Å². The van der Waals surface area contributed by atoms with E-state index in [-0.39, 0.29) is 17.0 Å². The van der Waals surface area contributed by atoms with Crippen molar-refractivity contribution in [2.75, 3.05) is 17.7 Å². The summed E-state index contributed by atoms with van der Waals surface area (Å²) < 4.78 is 23.3. The Morgan fingerprint density at radius 3 is 2.50 bits per heavy atom. The summed E-state index contributed by atoms with van der Waals surface area (Å²) in [6.45, 7) is 0.0244. The van der Waals surface area contributed by atoms with Crippen LogP contribution in [0.5, 0.6) is 0 Å². The van der Waals surface area contributed by atoms with Crippen LogP contribution in [0.4, 0.5) is 5.69 Å². The van der Waals surface area contributed by atoms with Gasteiger partial charge in [0.25, 0.3) is 5.91 Å². The van der Waals surface area contributed by atoms with Crippen molar-refractivity contribution < 1.29 is 23.1 Å². The van der Waals surface area contributed by atoms with Crippen LogP contribution in [-0.4, -0.2) is 38.2 Å². The normalized spacial score (nSPS) is 16.7. The summed E-state index contributed by atoms with van der Waals surface area (Å²) >= 11 is 0. The third-order valence-corrected chi connectivity index (χ3v) is 5.13. The minimum atomic E-state index is -3.43. The van der Waals surface area contributed by atoms with Gasteiger partial charge in [-0.25, -0.2) is 8.42 Å². The number of nitrogens with zero attached hydrogens (tertiary/aromatic N) is 1. The Bertz CT molecular complexity index is 936. The molecular formula is C17H15NO5S. The van der Waals surface area contributed by atoms with E-state index >= 15 is 0 Å². The molecule has 2 aromatic rings. The Hall–Kier alpha value is -2.67. The van der Waals surface area contributed by atoms with E-state index in [1.54, 1.807) is 24.3 Å². The molecule has 3 rings (SSSR count). The van der Waals surface area contributed by atoms with Crippen molar-refractivity contribution in [2.45, 2.75) is 10.8 Å². The minimum absolute atomic E-state index is 0.0244. The number of amides is 1. The van der Waals surface area contributed by atoms with Gasteiger partial charge in [0.15, 0.2) is 9.84 Å². The molecule has 1 unspecified atom stereocenters. The number of hydrogen-bond acceptors (Lipinski definition) is 4. The van der Waals surface area contributed by atoms with E-state index in [4.69, 9.17) is 0 Å². The number of carbonyl (C=O) groups excluding carboxylic acids is 1. The molecule has 0 bridgehead atoms. The van der Waals surface area contributed by atoms with Gasteiger partial charge < -0.3 is 10.0 Å². The number of rotatable bonds is 3. The number of fused-ring (bicyclic) bond motifs is 1. The molecule has 6 nitrogen and oxygen atoms in total. The lowest BCUT2D eigenvalue weighted by Crippen LogP contribution is -2.31. The molecule has 0 spiro atoms. The molecule has 0 saturated carbocycles. The first-order valence-corrected chi connectivity index (χ1v) is 9.12. The first kappa shape index (κ1) is 16.2. The van der Waals surface area contributed by atoms with Crippen molar-refractivity contribution >= 4 is 27.4 Å². The second-order valence-electron chi connectivity index (χ2n) is 5.67.